The van der Waals surface area contributed by atoms with Crippen molar-refractivity contribution < 1.29 is 9.69 Å². The zero-order chi connectivity index (χ0) is 9.14. The summed E-state index contributed by atoms with van der Waals surface area (Å²) in [5.74, 6) is 0.0733. The second-order valence-electron chi connectivity index (χ2n) is 3.40. The average molecular weight is 192 g/mol. The summed E-state index contributed by atoms with van der Waals surface area (Å²) in [5, 5.41) is -0.372. The molecule has 70 valence electrons. The second-order valence-corrected chi connectivity index (χ2v) is 4.05. The first-order valence-corrected chi connectivity index (χ1v) is 4.79. The number of piperazine rings is 1. The normalized spacial score (nSPS) is 22.4. The Morgan fingerprint density at radius 2 is 2.00 bits per heavy atom. The molecule has 0 aliphatic carbocycles. The zero-order valence-corrected chi connectivity index (χ0v) is 8.40. The van der Waals surface area contributed by atoms with Gasteiger partial charge in [0.05, 0.1) is 33.2 Å². The topological polar surface area (TPSA) is 24.8 Å². The molecule has 1 N–H and O–H groups in total. The molecule has 4 heteroatoms. The summed E-state index contributed by atoms with van der Waals surface area (Å²) in [6, 6.07) is 0. The van der Waals surface area contributed by atoms with Crippen molar-refractivity contribution >= 4 is 17.5 Å². The van der Waals surface area contributed by atoms with Crippen LogP contribution in [0.2, 0.25) is 0 Å². The molecule has 1 heterocycles. The molecule has 0 unspecified atom stereocenters. The van der Waals surface area contributed by atoms with Crippen molar-refractivity contribution in [1.29, 1.82) is 0 Å². The van der Waals surface area contributed by atoms with Gasteiger partial charge < -0.3 is 9.80 Å². The summed E-state index contributed by atoms with van der Waals surface area (Å²) < 4.78 is 0. The number of amides is 1. The molecule has 1 saturated heterocycles. The number of carbonyl (C=O) groups excluding carboxylic acids is 1. The van der Waals surface area contributed by atoms with Crippen molar-refractivity contribution in [3.63, 3.8) is 0 Å². The fourth-order valence-electron chi connectivity index (χ4n) is 1.36. The molecule has 1 amide bonds. The van der Waals surface area contributed by atoms with Gasteiger partial charge in [0.2, 0.25) is 5.91 Å². The number of carbonyl (C=O) groups is 1. The molecule has 0 bridgehead atoms. The van der Waals surface area contributed by atoms with Crippen molar-refractivity contribution in [1.82, 2.24) is 4.90 Å². The van der Waals surface area contributed by atoms with Crippen molar-refractivity contribution in [3.8, 4) is 0 Å². The minimum atomic E-state index is -0.372. The van der Waals surface area contributed by atoms with Gasteiger partial charge in [-0.15, -0.1) is 11.6 Å². The molecular formula is C8H16ClN2O+. The Morgan fingerprint density at radius 3 is 2.42 bits per heavy atom. The van der Waals surface area contributed by atoms with Crippen molar-refractivity contribution in [2.45, 2.75) is 12.3 Å². The highest BCUT2D eigenvalue weighted by Crippen LogP contribution is 2.01. The SMILES string of the molecule is C[C@@H](Cl)C(=O)N1CC[NH+](C)CC1. The molecule has 0 saturated carbocycles. The standard InChI is InChI=1S/C8H15ClN2O/c1-7(9)8(12)11-5-3-10(2)4-6-11/h7H,3-6H2,1-2H3/p+1/t7-/m1/s1. The van der Waals surface area contributed by atoms with Crippen LogP contribution in [0.4, 0.5) is 0 Å². The molecule has 12 heavy (non-hydrogen) atoms. The smallest absolute Gasteiger partial charge is 0.240 e. The summed E-state index contributed by atoms with van der Waals surface area (Å²) in [5.41, 5.74) is 0. The Bertz CT molecular complexity index is 164. The Kier molecular flexibility index (Phi) is 3.35. The van der Waals surface area contributed by atoms with E-state index in [4.69, 9.17) is 11.6 Å². The predicted molar refractivity (Wildman–Crippen MR) is 48.5 cm³/mol. The van der Waals surface area contributed by atoms with Crippen LogP contribution < -0.4 is 4.90 Å². The highest BCUT2D eigenvalue weighted by molar-refractivity contribution is 6.30. The highest BCUT2D eigenvalue weighted by Gasteiger charge is 2.23. The van der Waals surface area contributed by atoms with Gasteiger partial charge in [0.25, 0.3) is 0 Å². The van der Waals surface area contributed by atoms with Gasteiger partial charge in [0.1, 0.15) is 5.38 Å². The van der Waals surface area contributed by atoms with E-state index in [0.717, 1.165) is 26.2 Å². The monoisotopic (exact) mass is 191 g/mol. The average Bonchev–Trinajstić information content (AvgIpc) is 2.04. The maximum Gasteiger partial charge on any atom is 0.240 e. The third kappa shape index (κ3) is 2.35. The lowest BCUT2D eigenvalue weighted by Crippen LogP contribution is -3.12. The van der Waals surface area contributed by atoms with Gasteiger partial charge in [-0.3, -0.25) is 4.79 Å². The van der Waals surface area contributed by atoms with Crippen LogP contribution >= 0.6 is 11.6 Å². The maximum atomic E-state index is 11.4. The first-order valence-electron chi connectivity index (χ1n) is 4.35. The van der Waals surface area contributed by atoms with E-state index in [2.05, 4.69) is 7.05 Å². The van der Waals surface area contributed by atoms with Crippen LogP contribution in [0.25, 0.3) is 0 Å². The summed E-state index contributed by atoms with van der Waals surface area (Å²) in [6.45, 7) is 5.50. The van der Waals surface area contributed by atoms with Gasteiger partial charge in [0.15, 0.2) is 0 Å². The summed E-state index contributed by atoms with van der Waals surface area (Å²) in [4.78, 5) is 14.7. The van der Waals surface area contributed by atoms with Gasteiger partial charge in [-0.05, 0) is 6.92 Å². The van der Waals surface area contributed by atoms with E-state index in [1.165, 1.54) is 4.90 Å². The van der Waals surface area contributed by atoms with Crippen molar-refractivity contribution in [2.24, 2.45) is 0 Å². The number of rotatable bonds is 1. The van der Waals surface area contributed by atoms with Gasteiger partial charge in [-0.1, -0.05) is 0 Å². The fraction of sp³-hybridized carbons (Fsp3) is 0.875. The Hall–Kier alpha value is -0.280. The highest BCUT2D eigenvalue weighted by atomic mass is 35.5. The van der Waals surface area contributed by atoms with Crippen LogP contribution in [0.3, 0.4) is 0 Å². The zero-order valence-electron chi connectivity index (χ0n) is 7.64. The first kappa shape index (κ1) is 9.81. The second kappa shape index (κ2) is 4.10. The molecule has 1 fully saturated rings. The molecule has 0 radical (unpaired) electrons. The number of nitrogens with zero attached hydrogens (tertiary/aromatic N) is 1. The number of hydrogen-bond acceptors (Lipinski definition) is 1. The quantitative estimate of drug-likeness (QED) is 0.527. The van der Waals surface area contributed by atoms with Crippen LogP contribution in [0, 0.1) is 0 Å². The Labute approximate surface area is 78.3 Å². The molecule has 1 aliphatic heterocycles. The Morgan fingerprint density at radius 1 is 1.50 bits per heavy atom. The third-order valence-corrected chi connectivity index (χ3v) is 2.46. The molecule has 3 nitrogen and oxygen atoms in total. The summed E-state index contributed by atoms with van der Waals surface area (Å²) >= 11 is 5.70. The van der Waals surface area contributed by atoms with Crippen LogP contribution in [0.1, 0.15) is 6.92 Å². The number of halogens is 1. The number of hydrogen-bond donors (Lipinski definition) is 1. The lowest BCUT2D eigenvalue weighted by molar-refractivity contribution is -0.883. The number of quaternary nitrogens is 1. The van der Waals surface area contributed by atoms with Crippen LogP contribution in [0.5, 0.6) is 0 Å². The number of nitrogens with one attached hydrogen (secondary N) is 1. The van der Waals surface area contributed by atoms with Gasteiger partial charge >= 0.3 is 0 Å². The van der Waals surface area contributed by atoms with Crippen LogP contribution in [-0.4, -0.2) is 49.4 Å². The molecule has 0 aromatic rings. The molecule has 0 aromatic heterocycles. The molecule has 1 aliphatic rings. The lowest BCUT2D eigenvalue weighted by Gasteiger charge is -2.30. The third-order valence-electron chi connectivity index (χ3n) is 2.27. The van der Waals surface area contributed by atoms with Gasteiger partial charge in [-0.25, -0.2) is 0 Å². The number of alkyl halides is 1. The maximum absolute atomic E-state index is 11.4. The number of likely N-dealkylation sites (N-methyl/N-ethyl adjacent to an activating group) is 1. The van der Waals surface area contributed by atoms with Crippen LogP contribution in [-0.2, 0) is 4.79 Å². The summed E-state index contributed by atoms with van der Waals surface area (Å²) in [6.07, 6.45) is 0. The minimum absolute atomic E-state index is 0.0733. The van der Waals surface area contributed by atoms with E-state index in [1.807, 2.05) is 4.90 Å². The van der Waals surface area contributed by atoms with Crippen molar-refractivity contribution in [2.75, 3.05) is 33.2 Å². The van der Waals surface area contributed by atoms with Gasteiger partial charge in [0, 0.05) is 0 Å². The van der Waals surface area contributed by atoms with E-state index in [1.54, 1.807) is 6.92 Å². The first-order chi connectivity index (χ1) is 5.61. The van der Waals surface area contributed by atoms with Crippen LogP contribution in [0.15, 0.2) is 0 Å². The fourth-order valence-corrected chi connectivity index (χ4v) is 1.50. The van der Waals surface area contributed by atoms with E-state index in [9.17, 15) is 4.79 Å². The van der Waals surface area contributed by atoms with E-state index >= 15 is 0 Å². The lowest BCUT2D eigenvalue weighted by atomic mass is 10.3. The largest absolute Gasteiger partial charge is 0.334 e. The van der Waals surface area contributed by atoms with E-state index in [0.29, 0.717) is 0 Å². The molecule has 0 aromatic carbocycles. The van der Waals surface area contributed by atoms with E-state index in [-0.39, 0.29) is 11.3 Å². The molecular weight excluding hydrogens is 176 g/mol. The molecule has 1 atom stereocenters. The predicted octanol–water partition coefficient (Wildman–Crippen LogP) is -1.03. The minimum Gasteiger partial charge on any atom is -0.334 e. The molecule has 1 rings (SSSR count). The summed E-state index contributed by atoms with van der Waals surface area (Å²) in [7, 11) is 2.14. The Balaban J connectivity index is 2.39. The van der Waals surface area contributed by atoms with Gasteiger partial charge in [-0.2, -0.15) is 0 Å². The van der Waals surface area contributed by atoms with E-state index < -0.39 is 0 Å². The van der Waals surface area contributed by atoms with Crippen molar-refractivity contribution in [3.05, 3.63) is 0 Å². The molecule has 0 spiro atoms.